The van der Waals surface area contributed by atoms with Gasteiger partial charge in [-0.15, -0.1) is 11.8 Å². The van der Waals surface area contributed by atoms with Crippen LogP contribution < -0.4 is 5.32 Å². The molecule has 0 aliphatic carbocycles. The minimum Gasteiger partial charge on any atom is -0.480 e. The van der Waals surface area contributed by atoms with Crippen LogP contribution in [0.15, 0.2) is 29.4 Å². The maximum Gasteiger partial charge on any atom is 0.323 e. The Hall–Kier alpha value is -1.07. The van der Waals surface area contributed by atoms with Gasteiger partial charge in [-0.05, 0) is 39.3 Å². The van der Waals surface area contributed by atoms with Crippen molar-refractivity contribution in [3.05, 3.63) is 24.5 Å². The molecule has 1 rings (SSSR count). The first-order valence-electron chi connectivity index (χ1n) is 5.98. The third-order valence-corrected chi connectivity index (χ3v) is 3.61. The fourth-order valence-corrected chi connectivity index (χ4v) is 2.75. The van der Waals surface area contributed by atoms with Crippen molar-refractivity contribution < 1.29 is 9.90 Å². The predicted molar refractivity (Wildman–Crippen MR) is 73.9 cm³/mol. The summed E-state index contributed by atoms with van der Waals surface area (Å²) in [5.74, 6) is -0.0430. The molecule has 0 radical (unpaired) electrons. The first-order valence-corrected chi connectivity index (χ1v) is 6.96. The van der Waals surface area contributed by atoms with Crippen LogP contribution in [0.5, 0.6) is 0 Å². The topological polar surface area (TPSA) is 62.2 Å². The van der Waals surface area contributed by atoms with Gasteiger partial charge in [0.05, 0.1) is 0 Å². The number of carboxylic acids is 1. The van der Waals surface area contributed by atoms with E-state index in [0.717, 1.165) is 10.6 Å². The number of pyridine rings is 1. The van der Waals surface area contributed by atoms with Crippen LogP contribution in [0.2, 0.25) is 0 Å². The van der Waals surface area contributed by atoms with Crippen LogP contribution in [-0.4, -0.2) is 33.4 Å². The minimum absolute atomic E-state index is 0.150. The van der Waals surface area contributed by atoms with Crippen molar-refractivity contribution in [2.24, 2.45) is 0 Å². The van der Waals surface area contributed by atoms with E-state index in [4.69, 9.17) is 0 Å². The van der Waals surface area contributed by atoms with Gasteiger partial charge in [0.1, 0.15) is 5.54 Å². The number of hydrogen-bond acceptors (Lipinski definition) is 4. The van der Waals surface area contributed by atoms with Crippen molar-refractivity contribution in [2.45, 2.75) is 43.7 Å². The Morgan fingerprint density at radius 2 is 2.11 bits per heavy atom. The molecule has 100 valence electrons. The summed E-state index contributed by atoms with van der Waals surface area (Å²) < 4.78 is 0. The van der Waals surface area contributed by atoms with E-state index in [-0.39, 0.29) is 6.04 Å². The van der Waals surface area contributed by atoms with Gasteiger partial charge in [0, 0.05) is 29.1 Å². The molecule has 1 heterocycles. The lowest BCUT2D eigenvalue weighted by Gasteiger charge is -2.28. The fourth-order valence-electron chi connectivity index (χ4n) is 1.69. The minimum atomic E-state index is -0.867. The maximum absolute atomic E-state index is 11.3. The Balaban J connectivity index is 2.50. The van der Waals surface area contributed by atoms with Gasteiger partial charge in [0.25, 0.3) is 0 Å². The quantitative estimate of drug-likeness (QED) is 0.744. The highest BCUT2D eigenvalue weighted by Gasteiger charge is 2.32. The summed E-state index contributed by atoms with van der Waals surface area (Å²) in [5.41, 5.74) is -0.867. The molecular formula is C13H20N2O2S. The molecule has 0 bridgehead atoms. The van der Waals surface area contributed by atoms with E-state index in [1.807, 2.05) is 26.0 Å². The van der Waals surface area contributed by atoms with Crippen LogP contribution in [0.4, 0.5) is 0 Å². The molecular weight excluding hydrogens is 248 g/mol. The fraction of sp³-hybridized carbons (Fsp3) is 0.538. The molecule has 0 aliphatic heterocycles. The van der Waals surface area contributed by atoms with E-state index in [1.165, 1.54) is 0 Å². The lowest BCUT2D eigenvalue weighted by molar-refractivity contribution is -0.144. The average Bonchev–Trinajstić information content (AvgIpc) is 2.29. The third kappa shape index (κ3) is 4.66. The SMILES string of the molecule is CC(C)NC(C)(CCSc1ccncc1)C(=O)O. The lowest BCUT2D eigenvalue weighted by Crippen LogP contribution is -2.52. The highest BCUT2D eigenvalue weighted by molar-refractivity contribution is 7.99. The van der Waals surface area contributed by atoms with Gasteiger partial charge in [-0.2, -0.15) is 0 Å². The molecule has 0 fully saturated rings. The van der Waals surface area contributed by atoms with Gasteiger partial charge in [0.2, 0.25) is 0 Å². The molecule has 1 unspecified atom stereocenters. The molecule has 2 N–H and O–H groups in total. The van der Waals surface area contributed by atoms with Crippen molar-refractivity contribution in [1.82, 2.24) is 10.3 Å². The largest absolute Gasteiger partial charge is 0.480 e. The number of aromatic nitrogens is 1. The maximum atomic E-state index is 11.3. The van der Waals surface area contributed by atoms with E-state index < -0.39 is 11.5 Å². The molecule has 0 aromatic carbocycles. The predicted octanol–water partition coefficient (Wildman–Crippen LogP) is 2.41. The molecule has 5 heteroatoms. The standard InChI is InChI=1S/C13H20N2O2S/c1-10(2)15-13(3,12(16)17)6-9-18-11-4-7-14-8-5-11/h4-5,7-8,10,15H,6,9H2,1-3H3,(H,16,17). The number of nitrogens with zero attached hydrogens (tertiary/aromatic N) is 1. The summed E-state index contributed by atoms with van der Waals surface area (Å²) in [6, 6.07) is 4.01. The number of thioether (sulfide) groups is 1. The van der Waals surface area contributed by atoms with Crippen LogP contribution >= 0.6 is 11.8 Å². The zero-order valence-electron chi connectivity index (χ0n) is 11.0. The molecule has 0 spiro atoms. The second kappa shape index (κ2) is 6.75. The Labute approximate surface area is 112 Å². The van der Waals surface area contributed by atoms with Crippen LogP contribution in [0.3, 0.4) is 0 Å². The normalized spacial score (nSPS) is 14.4. The number of carboxylic acid groups (broad SMARTS) is 1. The van der Waals surface area contributed by atoms with Crippen LogP contribution in [0.25, 0.3) is 0 Å². The average molecular weight is 268 g/mol. The number of rotatable bonds is 7. The highest BCUT2D eigenvalue weighted by Crippen LogP contribution is 2.21. The summed E-state index contributed by atoms with van der Waals surface area (Å²) >= 11 is 1.65. The van der Waals surface area contributed by atoms with Gasteiger partial charge in [-0.1, -0.05) is 0 Å². The molecule has 1 aromatic heterocycles. The lowest BCUT2D eigenvalue weighted by atomic mass is 9.98. The second-order valence-electron chi connectivity index (χ2n) is 4.72. The Bertz CT molecular complexity index is 384. The smallest absolute Gasteiger partial charge is 0.323 e. The summed E-state index contributed by atoms with van der Waals surface area (Å²) in [6.07, 6.45) is 4.06. The highest BCUT2D eigenvalue weighted by atomic mass is 32.2. The number of aliphatic carboxylic acids is 1. The van der Waals surface area contributed by atoms with Crippen LogP contribution in [-0.2, 0) is 4.79 Å². The Morgan fingerprint density at radius 1 is 1.50 bits per heavy atom. The van der Waals surface area contributed by atoms with Crippen LogP contribution in [0, 0.1) is 0 Å². The van der Waals surface area contributed by atoms with Gasteiger partial charge >= 0.3 is 5.97 Å². The van der Waals surface area contributed by atoms with Crippen LogP contribution in [0.1, 0.15) is 27.2 Å². The van der Waals surface area contributed by atoms with Crippen molar-refractivity contribution in [2.75, 3.05) is 5.75 Å². The van der Waals surface area contributed by atoms with Crippen molar-refractivity contribution >= 4 is 17.7 Å². The Morgan fingerprint density at radius 3 is 2.61 bits per heavy atom. The zero-order chi connectivity index (χ0) is 13.6. The molecule has 0 aliphatic rings. The number of hydrogen-bond donors (Lipinski definition) is 2. The molecule has 1 aromatic rings. The molecule has 0 saturated heterocycles. The summed E-state index contributed by atoms with van der Waals surface area (Å²) in [5, 5.41) is 12.4. The summed E-state index contributed by atoms with van der Waals surface area (Å²) in [6.45, 7) is 5.65. The molecule has 1 atom stereocenters. The number of nitrogens with one attached hydrogen (secondary N) is 1. The van der Waals surface area contributed by atoms with E-state index in [2.05, 4.69) is 10.3 Å². The van der Waals surface area contributed by atoms with Crippen molar-refractivity contribution in [3.63, 3.8) is 0 Å². The zero-order valence-corrected chi connectivity index (χ0v) is 11.8. The Kier molecular flexibility index (Phi) is 5.62. The van der Waals surface area contributed by atoms with E-state index >= 15 is 0 Å². The van der Waals surface area contributed by atoms with Gasteiger partial charge in [0.15, 0.2) is 0 Å². The van der Waals surface area contributed by atoms with E-state index in [0.29, 0.717) is 6.42 Å². The summed E-state index contributed by atoms with van der Waals surface area (Å²) in [7, 11) is 0. The molecule has 0 saturated carbocycles. The number of carbonyl (C=O) groups is 1. The van der Waals surface area contributed by atoms with E-state index in [1.54, 1.807) is 31.1 Å². The molecule has 4 nitrogen and oxygen atoms in total. The molecule has 0 amide bonds. The second-order valence-corrected chi connectivity index (χ2v) is 5.89. The monoisotopic (exact) mass is 268 g/mol. The first-order chi connectivity index (χ1) is 8.44. The van der Waals surface area contributed by atoms with Crippen molar-refractivity contribution in [3.8, 4) is 0 Å². The van der Waals surface area contributed by atoms with Gasteiger partial charge < -0.3 is 5.11 Å². The van der Waals surface area contributed by atoms with Gasteiger partial charge in [-0.25, -0.2) is 0 Å². The third-order valence-electron chi connectivity index (χ3n) is 2.60. The van der Waals surface area contributed by atoms with Gasteiger partial charge in [-0.3, -0.25) is 15.1 Å². The first kappa shape index (κ1) is 15.0. The molecule has 18 heavy (non-hydrogen) atoms. The summed E-state index contributed by atoms with van der Waals surface area (Å²) in [4.78, 5) is 16.4. The van der Waals surface area contributed by atoms with E-state index in [9.17, 15) is 9.90 Å². The van der Waals surface area contributed by atoms with Crippen molar-refractivity contribution in [1.29, 1.82) is 0 Å².